The number of aromatic nitrogens is 2. The molecule has 0 saturated heterocycles. The fourth-order valence-electron chi connectivity index (χ4n) is 2.10. The molecule has 1 aromatic carbocycles. The van der Waals surface area contributed by atoms with E-state index in [2.05, 4.69) is 5.10 Å². The summed E-state index contributed by atoms with van der Waals surface area (Å²) < 4.78 is 53.4. The molecule has 3 nitrogen and oxygen atoms in total. The number of carbonyl (C=O) groups is 1. The first-order valence-electron chi connectivity index (χ1n) is 7.03. The van der Waals surface area contributed by atoms with Gasteiger partial charge in [0.15, 0.2) is 0 Å². The van der Waals surface area contributed by atoms with E-state index in [9.17, 15) is 22.4 Å². The molecular formula is C16H15ClF4N2O. The van der Waals surface area contributed by atoms with Gasteiger partial charge in [-0.1, -0.05) is 20.8 Å². The summed E-state index contributed by atoms with van der Waals surface area (Å²) >= 11 is 5.51. The van der Waals surface area contributed by atoms with Crippen LogP contribution in [0.15, 0.2) is 24.3 Å². The highest BCUT2D eigenvalue weighted by atomic mass is 35.5. The third kappa shape index (κ3) is 3.95. The zero-order valence-corrected chi connectivity index (χ0v) is 14.0. The monoisotopic (exact) mass is 362 g/mol. The molecule has 0 fully saturated rings. The van der Waals surface area contributed by atoms with Crippen LogP contribution in [-0.4, -0.2) is 15.0 Å². The number of rotatable bonds is 3. The number of alkyl halides is 3. The van der Waals surface area contributed by atoms with Gasteiger partial charge in [-0.2, -0.15) is 18.3 Å². The van der Waals surface area contributed by atoms with Crippen LogP contribution in [0.4, 0.5) is 17.6 Å². The molecule has 0 radical (unpaired) electrons. The van der Waals surface area contributed by atoms with Crippen molar-refractivity contribution in [1.82, 2.24) is 9.78 Å². The minimum absolute atomic E-state index is 0.00148. The molecule has 24 heavy (non-hydrogen) atoms. The van der Waals surface area contributed by atoms with E-state index in [4.69, 9.17) is 11.6 Å². The lowest BCUT2D eigenvalue weighted by atomic mass is 9.92. The third-order valence-corrected chi connectivity index (χ3v) is 3.64. The van der Waals surface area contributed by atoms with Crippen LogP contribution < -0.4 is 0 Å². The third-order valence-electron chi connectivity index (χ3n) is 3.44. The molecule has 0 unspecified atom stereocenters. The van der Waals surface area contributed by atoms with Crippen LogP contribution in [0, 0.1) is 5.82 Å². The molecule has 8 heteroatoms. The Balaban J connectivity index is 2.48. The van der Waals surface area contributed by atoms with E-state index in [0.717, 1.165) is 10.7 Å². The van der Waals surface area contributed by atoms with Gasteiger partial charge in [-0.05, 0) is 35.9 Å². The Bertz CT molecular complexity index is 775. The molecule has 2 rings (SSSR count). The van der Waals surface area contributed by atoms with Gasteiger partial charge in [0, 0.05) is 11.0 Å². The Labute approximate surface area is 141 Å². The van der Waals surface area contributed by atoms with Gasteiger partial charge >= 0.3 is 6.18 Å². The highest BCUT2D eigenvalue weighted by Crippen LogP contribution is 2.31. The van der Waals surface area contributed by atoms with E-state index in [1.807, 2.05) is 20.8 Å². The molecule has 0 amide bonds. The summed E-state index contributed by atoms with van der Waals surface area (Å²) in [5, 5.41) is 3.38. The van der Waals surface area contributed by atoms with E-state index in [0.29, 0.717) is 17.8 Å². The van der Waals surface area contributed by atoms with E-state index < -0.39 is 28.2 Å². The first kappa shape index (κ1) is 18.4. The van der Waals surface area contributed by atoms with Crippen molar-refractivity contribution in [2.24, 2.45) is 0 Å². The van der Waals surface area contributed by atoms with Gasteiger partial charge in [0.1, 0.15) is 11.5 Å². The first-order valence-corrected chi connectivity index (χ1v) is 7.41. The minimum atomic E-state index is -4.59. The second kappa shape index (κ2) is 6.20. The van der Waals surface area contributed by atoms with Crippen LogP contribution in [0.3, 0.4) is 0 Å². The molecule has 0 aliphatic rings. The Morgan fingerprint density at radius 1 is 1.21 bits per heavy atom. The van der Waals surface area contributed by atoms with Crippen LogP contribution >= 0.6 is 11.6 Å². The number of halogens is 5. The number of carbonyl (C=O) groups excluding carboxylic acids is 1. The predicted octanol–water partition coefficient (Wildman–Crippen LogP) is 4.77. The molecule has 0 N–H and O–H groups in total. The summed E-state index contributed by atoms with van der Waals surface area (Å²) in [6, 6.07) is 3.57. The molecule has 1 aromatic heterocycles. The second-order valence-corrected chi connectivity index (χ2v) is 6.74. The van der Waals surface area contributed by atoms with E-state index in [-0.39, 0.29) is 17.8 Å². The molecule has 0 aliphatic heterocycles. The smallest absolute Gasteiger partial charge is 0.274 e. The van der Waals surface area contributed by atoms with Gasteiger partial charge in [0.25, 0.3) is 5.24 Å². The Morgan fingerprint density at radius 3 is 2.33 bits per heavy atom. The van der Waals surface area contributed by atoms with Crippen LogP contribution in [0.1, 0.15) is 48.1 Å². The largest absolute Gasteiger partial charge is 0.416 e. The van der Waals surface area contributed by atoms with Crippen molar-refractivity contribution < 1.29 is 22.4 Å². The van der Waals surface area contributed by atoms with Crippen molar-refractivity contribution in [2.75, 3.05) is 0 Å². The predicted molar refractivity (Wildman–Crippen MR) is 81.6 cm³/mol. The van der Waals surface area contributed by atoms with Gasteiger partial charge in [-0.3, -0.25) is 9.48 Å². The normalized spacial score (nSPS) is 12.5. The highest BCUT2D eigenvalue weighted by Gasteiger charge is 2.31. The standard InChI is InChI=1S/C16H15ClF4N2O/c1-15(2,3)13-7-12(14(17)24)23(22-13)8-9-6-10(16(19,20)21)4-5-11(9)18/h4-7H,8H2,1-3H3. The van der Waals surface area contributed by atoms with Gasteiger partial charge in [-0.15, -0.1) is 0 Å². The maximum Gasteiger partial charge on any atom is 0.416 e. The average Bonchev–Trinajstić information content (AvgIpc) is 2.84. The number of nitrogens with zero attached hydrogens (tertiary/aromatic N) is 2. The Hall–Kier alpha value is -1.89. The molecule has 0 aliphatic carbocycles. The molecule has 2 aromatic rings. The van der Waals surface area contributed by atoms with Crippen molar-refractivity contribution in [3.63, 3.8) is 0 Å². The number of hydrogen-bond acceptors (Lipinski definition) is 2. The van der Waals surface area contributed by atoms with Crippen LogP contribution in [0.25, 0.3) is 0 Å². The van der Waals surface area contributed by atoms with E-state index in [1.54, 1.807) is 0 Å². The summed E-state index contributed by atoms with van der Waals surface area (Å²) in [5.41, 5.74) is -1.08. The molecule has 1 heterocycles. The Morgan fingerprint density at radius 2 is 1.83 bits per heavy atom. The molecule has 0 spiro atoms. The Kier molecular flexibility index (Phi) is 4.77. The lowest BCUT2D eigenvalue weighted by molar-refractivity contribution is -0.137. The van der Waals surface area contributed by atoms with Crippen molar-refractivity contribution in [3.05, 3.63) is 52.6 Å². The van der Waals surface area contributed by atoms with Crippen molar-refractivity contribution in [1.29, 1.82) is 0 Å². The van der Waals surface area contributed by atoms with Crippen LogP contribution in [0.2, 0.25) is 0 Å². The fourth-order valence-corrected chi connectivity index (χ4v) is 2.25. The lowest BCUT2D eigenvalue weighted by Crippen LogP contribution is -2.14. The maximum absolute atomic E-state index is 13.9. The molecule has 130 valence electrons. The van der Waals surface area contributed by atoms with Gasteiger partial charge in [0.05, 0.1) is 17.8 Å². The zero-order chi connectivity index (χ0) is 18.3. The lowest BCUT2D eigenvalue weighted by Gasteiger charge is -2.14. The maximum atomic E-state index is 13.9. The number of hydrogen-bond donors (Lipinski definition) is 0. The van der Waals surface area contributed by atoms with Gasteiger partial charge in [0.2, 0.25) is 0 Å². The van der Waals surface area contributed by atoms with Crippen molar-refractivity contribution in [3.8, 4) is 0 Å². The molecule has 0 bridgehead atoms. The van der Waals surface area contributed by atoms with Crippen molar-refractivity contribution in [2.45, 2.75) is 38.9 Å². The topological polar surface area (TPSA) is 34.9 Å². The zero-order valence-electron chi connectivity index (χ0n) is 13.2. The molecule has 0 saturated carbocycles. The average molecular weight is 363 g/mol. The molecule has 0 atom stereocenters. The van der Waals surface area contributed by atoms with Gasteiger partial charge < -0.3 is 0 Å². The van der Waals surface area contributed by atoms with Crippen molar-refractivity contribution >= 4 is 16.8 Å². The van der Waals surface area contributed by atoms with Crippen LogP contribution in [-0.2, 0) is 18.1 Å². The van der Waals surface area contributed by atoms with E-state index in [1.165, 1.54) is 6.07 Å². The first-order chi connectivity index (χ1) is 10.9. The summed E-state index contributed by atoms with van der Waals surface area (Å²) in [4.78, 5) is 11.5. The quantitative estimate of drug-likeness (QED) is 0.582. The number of benzene rings is 1. The van der Waals surface area contributed by atoms with Crippen LogP contribution in [0.5, 0.6) is 0 Å². The summed E-state index contributed by atoms with van der Waals surface area (Å²) in [5.74, 6) is -0.816. The summed E-state index contributed by atoms with van der Waals surface area (Å²) in [6.45, 7) is 5.23. The summed E-state index contributed by atoms with van der Waals surface area (Å²) in [6.07, 6.45) is -4.59. The SMILES string of the molecule is CC(C)(C)c1cc(C(=O)Cl)n(Cc2cc(C(F)(F)F)ccc2F)n1. The van der Waals surface area contributed by atoms with E-state index >= 15 is 0 Å². The highest BCUT2D eigenvalue weighted by molar-refractivity contribution is 6.67. The van der Waals surface area contributed by atoms with Gasteiger partial charge in [-0.25, -0.2) is 4.39 Å². The minimum Gasteiger partial charge on any atom is -0.274 e. The molecular weight excluding hydrogens is 348 g/mol. The fraction of sp³-hybridized carbons (Fsp3) is 0.375. The second-order valence-electron chi connectivity index (χ2n) is 6.40. The summed E-state index contributed by atoms with van der Waals surface area (Å²) in [7, 11) is 0.